The summed E-state index contributed by atoms with van der Waals surface area (Å²) in [6.07, 6.45) is 2.48. The summed E-state index contributed by atoms with van der Waals surface area (Å²) >= 11 is 6.40. The molecule has 0 aliphatic carbocycles. The van der Waals surface area contributed by atoms with E-state index in [1.807, 2.05) is 30.3 Å². The van der Waals surface area contributed by atoms with Crippen LogP contribution in [-0.2, 0) is 4.74 Å². The lowest BCUT2D eigenvalue weighted by atomic mass is 10.0. The molecule has 0 unspecified atom stereocenters. The van der Waals surface area contributed by atoms with Crippen molar-refractivity contribution in [1.29, 1.82) is 0 Å². The van der Waals surface area contributed by atoms with Gasteiger partial charge in [-0.15, -0.1) is 0 Å². The number of carboxylic acids is 1. The predicted octanol–water partition coefficient (Wildman–Crippen LogP) is 4.60. The lowest BCUT2D eigenvalue weighted by Gasteiger charge is -2.25. The quantitative estimate of drug-likeness (QED) is 0.664. The molecule has 6 heteroatoms. The van der Waals surface area contributed by atoms with Gasteiger partial charge in [0.25, 0.3) is 0 Å². The number of hydrogen-bond donors (Lipinski definition) is 2. The molecule has 0 atom stereocenters. The molecule has 0 spiro atoms. The number of carbonyl (C=O) groups is 1. The van der Waals surface area contributed by atoms with E-state index in [4.69, 9.17) is 21.1 Å². The van der Waals surface area contributed by atoms with Crippen molar-refractivity contribution in [2.75, 3.05) is 19.8 Å². The van der Waals surface area contributed by atoms with Gasteiger partial charge in [0.2, 0.25) is 0 Å². The summed E-state index contributed by atoms with van der Waals surface area (Å²) in [7, 11) is 0. The number of aromatic amines is 1. The third-order valence-electron chi connectivity index (χ3n) is 4.67. The highest BCUT2D eigenvalue weighted by Crippen LogP contribution is 2.34. The Hall–Kier alpha value is -2.50. The molecule has 26 heavy (non-hydrogen) atoms. The number of hydrogen-bond acceptors (Lipinski definition) is 3. The van der Waals surface area contributed by atoms with Gasteiger partial charge in [-0.05, 0) is 36.2 Å². The molecule has 2 heterocycles. The molecule has 2 N–H and O–H groups in total. The van der Waals surface area contributed by atoms with Crippen molar-refractivity contribution < 1.29 is 19.4 Å². The van der Waals surface area contributed by atoms with E-state index in [1.54, 1.807) is 6.07 Å². The van der Waals surface area contributed by atoms with Gasteiger partial charge >= 0.3 is 5.97 Å². The average Bonchev–Trinajstić information content (AvgIpc) is 3.00. The number of halogens is 1. The highest BCUT2D eigenvalue weighted by molar-refractivity contribution is 6.34. The first kappa shape index (κ1) is 16.9. The first-order valence-electron chi connectivity index (χ1n) is 8.47. The maximum absolute atomic E-state index is 11.4. The van der Waals surface area contributed by atoms with Crippen LogP contribution in [0.5, 0.6) is 5.75 Å². The third-order valence-corrected chi connectivity index (χ3v) is 4.98. The standard InChI is InChI=1S/C20H18ClNO4/c21-18-8-19-16(17(9-22-19)20(23)24)7-15(18)13-1-3-14(4-2-13)26-6-5-12-10-25-11-12/h1-4,7-9,12,22H,5-6,10-11H2,(H,23,24). The molecule has 134 valence electrons. The molecule has 0 radical (unpaired) electrons. The second-order valence-corrected chi connectivity index (χ2v) is 6.86. The van der Waals surface area contributed by atoms with E-state index in [1.165, 1.54) is 6.20 Å². The highest BCUT2D eigenvalue weighted by Gasteiger charge is 2.18. The number of aromatic nitrogens is 1. The smallest absolute Gasteiger partial charge is 0.337 e. The average molecular weight is 372 g/mol. The van der Waals surface area contributed by atoms with Gasteiger partial charge in [0.1, 0.15) is 5.75 Å². The molecular weight excluding hydrogens is 354 g/mol. The molecule has 1 aromatic heterocycles. The fourth-order valence-electron chi connectivity index (χ4n) is 3.07. The van der Waals surface area contributed by atoms with Gasteiger partial charge in [-0.25, -0.2) is 4.79 Å². The Labute approximate surface area is 155 Å². The van der Waals surface area contributed by atoms with Gasteiger partial charge in [0, 0.05) is 28.6 Å². The van der Waals surface area contributed by atoms with Crippen LogP contribution < -0.4 is 4.74 Å². The molecule has 1 aliphatic rings. The number of rotatable bonds is 6. The van der Waals surface area contributed by atoms with Gasteiger partial charge in [0.15, 0.2) is 0 Å². The fraction of sp³-hybridized carbons (Fsp3) is 0.250. The Morgan fingerprint density at radius 2 is 2.04 bits per heavy atom. The monoisotopic (exact) mass is 371 g/mol. The summed E-state index contributed by atoms with van der Waals surface area (Å²) in [5.41, 5.74) is 2.64. The maximum atomic E-state index is 11.4. The van der Waals surface area contributed by atoms with E-state index in [2.05, 4.69) is 4.98 Å². The van der Waals surface area contributed by atoms with Crippen LogP contribution in [-0.4, -0.2) is 35.9 Å². The second kappa shape index (κ2) is 7.02. The second-order valence-electron chi connectivity index (χ2n) is 6.45. The van der Waals surface area contributed by atoms with E-state index >= 15 is 0 Å². The predicted molar refractivity (Wildman–Crippen MR) is 100 cm³/mol. The van der Waals surface area contributed by atoms with Crippen molar-refractivity contribution in [3.63, 3.8) is 0 Å². The summed E-state index contributed by atoms with van der Waals surface area (Å²) in [6.45, 7) is 2.34. The Morgan fingerprint density at radius 3 is 2.69 bits per heavy atom. The summed E-state index contributed by atoms with van der Waals surface area (Å²) in [5, 5.41) is 10.5. The van der Waals surface area contributed by atoms with E-state index in [0.29, 0.717) is 28.5 Å². The van der Waals surface area contributed by atoms with Crippen LogP contribution >= 0.6 is 11.6 Å². The van der Waals surface area contributed by atoms with Crippen molar-refractivity contribution in [1.82, 2.24) is 4.98 Å². The minimum atomic E-state index is -0.967. The molecule has 4 rings (SSSR count). The zero-order valence-electron chi connectivity index (χ0n) is 14.0. The van der Waals surface area contributed by atoms with Gasteiger partial charge in [-0.3, -0.25) is 0 Å². The van der Waals surface area contributed by atoms with Crippen molar-refractivity contribution in [3.05, 3.63) is 53.2 Å². The fourth-order valence-corrected chi connectivity index (χ4v) is 3.34. The molecular formula is C20H18ClNO4. The topological polar surface area (TPSA) is 71.5 Å². The maximum Gasteiger partial charge on any atom is 0.337 e. The van der Waals surface area contributed by atoms with Crippen LogP contribution in [0.3, 0.4) is 0 Å². The summed E-state index contributed by atoms with van der Waals surface area (Å²) in [4.78, 5) is 14.3. The van der Waals surface area contributed by atoms with E-state index < -0.39 is 5.97 Å². The molecule has 0 saturated carbocycles. The molecule has 1 fully saturated rings. The number of nitrogens with one attached hydrogen (secondary N) is 1. The van der Waals surface area contributed by atoms with Gasteiger partial charge in [-0.1, -0.05) is 23.7 Å². The summed E-state index contributed by atoms with van der Waals surface area (Å²) < 4.78 is 10.9. The molecule has 2 aromatic carbocycles. The van der Waals surface area contributed by atoms with Crippen LogP contribution in [0, 0.1) is 5.92 Å². The zero-order valence-corrected chi connectivity index (χ0v) is 14.8. The Bertz CT molecular complexity index is 944. The number of benzene rings is 2. The lowest BCUT2D eigenvalue weighted by Crippen LogP contribution is -2.28. The number of carboxylic acid groups (broad SMARTS) is 1. The normalized spacial score (nSPS) is 14.3. The number of fused-ring (bicyclic) bond motifs is 1. The summed E-state index contributed by atoms with van der Waals surface area (Å²) in [5.74, 6) is 0.453. The largest absolute Gasteiger partial charge is 0.494 e. The van der Waals surface area contributed by atoms with Crippen LogP contribution in [0.2, 0.25) is 5.02 Å². The van der Waals surface area contributed by atoms with Crippen molar-refractivity contribution in [2.24, 2.45) is 5.92 Å². The van der Waals surface area contributed by atoms with Crippen molar-refractivity contribution in [2.45, 2.75) is 6.42 Å². The zero-order chi connectivity index (χ0) is 18.1. The molecule has 0 amide bonds. The number of H-pyrrole nitrogens is 1. The molecule has 3 aromatic rings. The van der Waals surface area contributed by atoms with Gasteiger partial charge < -0.3 is 19.6 Å². The SMILES string of the molecule is O=C(O)c1c[nH]c2cc(Cl)c(-c3ccc(OCCC4COC4)cc3)cc12. The first-order valence-corrected chi connectivity index (χ1v) is 8.84. The number of aromatic carboxylic acids is 1. The highest BCUT2D eigenvalue weighted by atomic mass is 35.5. The van der Waals surface area contributed by atoms with Crippen LogP contribution in [0.25, 0.3) is 22.0 Å². The van der Waals surface area contributed by atoms with Crippen LogP contribution in [0.15, 0.2) is 42.6 Å². The van der Waals surface area contributed by atoms with Crippen LogP contribution in [0.4, 0.5) is 0 Å². The minimum Gasteiger partial charge on any atom is -0.494 e. The van der Waals surface area contributed by atoms with E-state index in [0.717, 1.165) is 36.5 Å². The van der Waals surface area contributed by atoms with Crippen molar-refractivity contribution >= 4 is 28.5 Å². The third kappa shape index (κ3) is 3.28. The van der Waals surface area contributed by atoms with E-state index in [-0.39, 0.29) is 5.56 Å². The Kier molecular flexibility index (Phi) is 4.57. The summed E-state index contributed by atoms with van der Waals surface area (Å²) in [6, 6.07) is 11.2. The molecule has 1 saturated heterocycles. The minimum absolute atomic E-state index is 0.234. The lowest BCUT2D eigenvalue weighted by molar-refractivity contribution is -0.0401. The van der Waals surface area contributed by atoms with E-state index in [9.17, 15) is 9.90 Å². The molecule has 5 nitrogen and oxygen atoms in total. The number of ether oxygens (including phenoxy) is 2. The van der Waals surface area contributed by atoms with Gasteiger partial charge in [0.05, 0.1) is 30.4 Å². The van der Waals surface area contributed by atoms with Crippen molar-refractivity contribution in [3.8, 4) is 16.9 Å². The Morgan fingerprint density at radius 1 is 1.27 bits per heavy atom. The Balaban J connectivity index is 1.55. The molecule has 1 aliphatic heterocycles. The van der Waals surface area contributed by atoms with Crippen LogP contribution in [0.1, 0.15) is 16.8 Å². The van der Waals surface area contributed by atoms with Gasteiger partial charge in [-0.2, -0.15) is 0 Å². The first-order chi connectivity index (χ1) is 12.6. The molecule has 0 bridgehead atoms.